The number of halogens is 2. The lowest BCUT2D eigenvalue weighted by Crippen LogP contribution is -2.34. The van der Waals surface area contributed by atoms with E-state index >= 15 is 0 Å². The van der Waals surface area contributed by atoms with Crippen molar-refractivity contribution in [2.75, 3.05) is 11.9 Å². The van der Waals surface area contributed by atoms with E-state index in [4.69, 9.17) is 27.9 Å². The highest BCUT2D eigenvalue weighted by molar-refractivity contribution is 6.36. The van der Waals surface area contributed by atoms with Gasteiger partial charge in [0.05, 0.1) is 16.2 Å². The Bertz CT molecular complexity index is 999. The van der Waals surface area contributed by atoms with Gasteiger partial charge in [-0.2, -0.15) is 0 Å². The number of carbonyl (C=O) groups excluding carboxylic acids is 1. The first-order chi connectivity index (χ1) is 12.6. The second-order valence-electron chi connectivity index (χ2n) is 7.10. The van der Waals surface area contributed by atoms with Gasteiger partial charge in [-0.3, -0.25) is 4.90 Å². The number of nitrogens with zero attached hydrogens (tertiary/aromatic N) is 3. The molecule has 0 aliphatic carbocycles. The van der Waals surface area contributed by atoms with Gasteiger partial charge in [0.25, 0.3) is 0 Å². The fourth-order valence-corrected chi connectivity index (χ4v) is 2.90. The molecule has 0 aliphatic heterocycles. The number of ether oxygens (including phenoxy) is 1. The number of fused-ring (bicyclic) bond motifs is 1. The highest BCUT2D eigenvalue weighted by Crippen LogP contribution is 2.30. The Hall–Kier alpha value is -2.37. The highest BCUT2D eigenvalue weighted by atomic mass is 35.5. The van der Waals surface area contributed by atoms with E-state index < -0.39 is 11.7 Å². The Morgan fingerprint density at radius 2 is 1.85 bits per heavy atom. The number of carbonyl (C=O) groups is 1. The zero-order chi connectivity index (χ0) is 19.8. The molecule has 1 aromatic carbocycles. The van der Waals surface area contributed by atoms with Gasteiger partial charge in [0.1, 0.15) is 11.4 Å². The Labute approximate surface area is 167 Å². The van der Waals surface area contributed by atoms with Crippen LogP contribution in [0.25, 0.3) is 22.2 Å². The summed E-state index contributed by atoms with van der Waals surface area (Å²) in [6.07, 6.45) is 1.18. The summed E-state index contributed by atoms with van der Waals surface area (Å²) < 4.78 is 5.35. The minimum absolute atomic E-state index is 0.468. The molecule has 0 N–H and O–H groups in total. The number of rotatable bonds is 2. The molecule has 27 heavy (non-hydrogen) atoms. The molecule has 0 saturated heterocycles. The van der Waals surface area contributed by atoms with E-state index in [1.54, 1.807) is 37.5 Å². The van der Waals surface area contributed by atoms with Gasteiger partial charge in [-0.15, -0.1) is 0 Å². The third-order valence-corrected chi connectivity index (χ3v) is 4.32. The smallest absolute Gasteiger partial charge is 0.415 e. The van der Waals surface area contributed by atoms with Crippen molar-refractivity contribution in [3.63, 3.8) is 0 Å². The Kier molecular flexibility index (Phi) is 5.27. The van der Waals surface area contributed by atoms with E-state index in [9.17, 15) is 4.79 Å². The van der Waals surface area contributed by atoms with E-state index in [2.05, 4.69) is 9.97 Å². The molecular formula is C20H19Cl2N3O2. The molecular weight excluding hydrogens is 385 g/mol. The molecule has 5 nitrogen and oxygen atoms in total. The predicted molar refractivity (Wildman–Crippen MR) is 110 cm³/mol. The zero-order valence-corrected chi connectivity index (χ0v) is 17.0. The molecule has 0 radical (unpaired) electrons. The van der Waals surface area contributed by atoms with Crippen molar-refractivity contribution in [2.24, 2.45) is 0 Å². The molecule has 0 unspecified atom stereocenters. The maximum absolute atomic E-state index is 12.2. The van der Waals surface area contributed by atoms with Crippen LogP contribution in [0.4, 0.5) is 10.6 Å². The number of pyridine rings is 2. The Morgan fingerprint density at radius 1 is 1.11 bits per heavy atom. The molecule has 0 aliphatic rings. The lowest BCUT2D eigenvalue weighted by atomic mass is 10.1. The second kappa shape index (κ2) is 7.33. The van der Waals surface area contributed by atoms with Gasteiger partial charge in [0, 0.05) is 29.2 Å². The highest BCUT2D eigenvalue weighted by Gasteiger charge is 2.21. The average molecular weight is 404 g/mol. The fraction of sp³-hybridized carbons (Fsp3) is 0.250. The molecule has 0 saturated carbocycles. The maximum Gasteiger partial charge on any atom is 0.415 e. The van der Waals surface area contributed by atoms with Gasteiger partial charge >= 0.3 is 6.09 Å². The summed E-state index contributed by atoms with van der Waals surface area (Å²) in [4.78, 5) is 22.5. The summed E-state index contributed by atoms with van der Waals surface area (Å²) in [6.45, 7) is 5.45. The van der Waals surface area contributed by atoms with Crippen molar-refractivity contribution in [3.8, 4) is 11.3 Å². The standard InChI is InChI=1S/C20H19Cl2N3O2/c1-20(2,3)27-19(26)25(4)18-8-5-12(11-23-18)16-10-15(22)14-7-6-13(21)9-17(14)24-16/h5-11H,1-4H3. The van der Waals surface area contributed by atoms with Crippen LogP contribution in [0.5, 0.6) is 0 Å². The van der Waals surface area contributed by atoms with Crippen LogP contribution in [0, 0.1) is 0 Å². The van der Waals surface area contributed by atoms with Gasteiger partial charge in [0.2, 0.25) is 0 Å². The first-order valence-electron chi connectivity index (χ1n) is 8.33. The van der Waals surface area contributed by atoms with Crippen LogP contribution < -0.4 is 4.90 Å². The van der Waals surface area contributed by atoms with E-state index in [-0.39, 0.29) is 0 Å². The molecule has 140 valence electrons. The average Bonchev–Trinajstić information content (AvgIpc) is 2.59. The molecule has 0 bridgehead atoms. The number of aromatic nitrogens is 2. The van der Waals surface area contributed by atoms with Crippen LogP contribution in [0.2, 0.25) is 10.0 Å². The number of anilines is 1. The van der Waals surface area contributed by atoms with Gasteiger partial charge in [-0.05, 0) is 57.2 Å². The molecule has 2 heterocycles. The molecule has 3 aromatic rings. The summed E-state index contributed by atoms with van der Waals surface area (Å²) in [5.41, 5.74) is 1.59. The summed E-state index contributed by atoms with van der Waals surface area (Å²) in [7, 11) is 1.61. The quantitative estimate of drug-likeness (QED) is 0.528. The molecule has 0 atom stereocenters. The third kappa shape index (κ3) is 4.49. The fourth-order valence-electron chi connectivity index (χ4n) is 2.47. The molecule has 0 fully saturated rings. The van der Waals surface area contributed by atoms with Crippen molar-refractivity contribution in [3.05, 3.63) is 52.6 Å². The van der Waals surface area contributed by atoms with E-state index in [0.717, 1.165) is 10.9 Å². The van der Waals surface area contributed by atoms with Crippen LogP contribution >= 0.6 is 23.2 Å². The van der Waals surface area contributed by atoms with Crippen molar-refractivity contribution in [2.45, 2.75) is 26.4 Å². The predicted octanol–water partition coefficient (Wildman–Crippen LogP) is 5.97. The normalized spacial score (nSPS) is 11.5. The van der Waals surface area contributed by atoms with Gasteiger partial charge in [-0.25, -0.2) is 14.8 Å². The van der Waals surface area contributed by atoms with Crippen LogP contribution in [0.1, 0.15) is 20.8 Å². The van der Waals surface area contributed by atoms with Gasteiger partial charge < -0.3 is 4.74 Å². The number of amides is 1. The van der Waals surface area contributed by atoms with Crippen molar-refractivity contribution >= 4 is 46.0 Å². The van der Waals surface area contributed by atoms with Crippen molar-refractivity contribution < 1.29 is 9.53 Å². The first-order valence-corrected chi connectivity index (χ1v) is 9.08. The van der Waals surface area contributed by atoms with Gasteiger partial charge in [0.15, 0.2) is 0 Å². The molecule has 0 spiro atoms. The lowest BCUT2D eigenvalue weighted by Gasteiger charge is -2.24. The molecule has 3 rings (SSSR count). The minimum Gasteiger partial charge on any atom is -0.443 e. The van der Waals surface area contributed by atoms with Crippen LogP contribution in [0.3, 0.4) is 0 Å². The third-order valence-electron chi connectivity index (χ3n) is 3.78. The van der Waals surface area contributed by atoms with Crippen molar-refractivity contribution in [1.82, 2.24) is 9.97 Å². The van der Waals surface area contributed by atoms with Crippen LogP contribution in [-0.4, -0.2) is 28.7 Å². The SMILES string of the molecule is CN(C(=O)OC(C)(C)C)c1ccc(-c2cc(Cl)c3ccc(Cl)cc3n2)cn1. The lowest BCUT2D eigenvalue weighted by molar-refractivity contribution is 0.0588. The van der Waals surface area contributed by atoms with E-state index in [1.165, 1.54) is 4.90 Å². The van der Waals surface area contributed by atoms with E-state index in [1.807, 2.05) is 32.9 Å². The summed E-state index contributed by atoms with van der Waals surface area (Å²) >= 11 is 12.4. The molecule has 7 heteroatoms. The first kappa shape index (κ1) is 19.4. The second-order valence-corrected chi connectivity index (χ2v) is 7.94. The topological polar surface area (TPSA) is 55.3 Å². The largest absolute Gasteiger partial charge is 0.443 e. The van der Waals surface area contributed by atoms with Crippen LogP contribution in [0.15, 0.2) is 42.6 Å². The number of hydrogen-bond donors (Lipinski definition) is 0. The summed E-state index contributed by atoms with van der Waals surface area (Å²) in [5, 5.41) is 2.01. The summed E-state index contributed by atoms with van der Waals surface area (Å²) in [5.74, 6) is 0.475. The number of benzene rings is 1. The van der Waals surface area contributed by atoms with Gasteiger partial charge in [-0.1, -0.05) is 23.2 Å². The van der Waals surface area contributed by atoms with Crippen molar-refractivity contribution in [1.29, 1.82) is 0 Å². The molecule has 2 aromatic heterocycles. The maximum atomic E-state index is 12.2. The van der Waals surface area contributed by atoms with E-state index in [0.29, 0.717) is 27.1 Å². The zero-order valence-electron chi connectivity index (χ0n) is 15.5. The van der Waals surface area contributed by atoms with Crippen LogP contribution in [-0.2, 0) is 4.74 Å². The molecule has 1 amide bonds. The Balaban J connectivity index is 1.89. The summed E-state index contributed by atoms with van der Waals surface area (Å²) in [6, 6.07) is 10.7. The Morgan fingerprint density at radius 3 is 2.48 bits per heavy atom. The number of hydrogen-bond acceptors (Lipinski definition) is 4. The monoisotopic (exact) mass is 403 g/mol. The minimum atomic E-state index is -0.571.